The van der Waals surface area contributed by atoms with E-state index in [0.29, 0.717) is 0 Å². The molecule has 0 radical (unpaired) electrons. The molecule has 0 aromatic carbocycles. The van der Waals surface area contributed by atoms with Crippen LogP contribution in [-0.4, -0.2) is 36.1 Å². The molecule has 1 aliphatic heterocycles. The number of hydrazine groups is 1. The minimum atomic E-state index is 0.951. The Kier molecular flexibility index (Phi) is 1.35. The molecule has 0 amide bonds. The predicted octanol–water partition coefficient (Wildman–Crippen LogP) is 0.653. The van der Waals surface area contributed by atoms with Gasteiger partial charge in [-0.25, -0.2) is 0 Å². The van der Waals surface area contributed by atoms with Crippen molar-refractivity contribution >= 4 is 0 Å². The summed E-state index contributed by atoms with van der Waals surface area (Å²) in [5, 5.41) is 3.89. The summed E-state index contributed by atoms with van der Waals surface area (Å²) < 4.78 is 0. The van der Waals surface area contributed by atoms with Gasteiger partial charge in [-0.2, -0.15) is 0 Å². The zero-order valence-electron chi connectivity index (χ0n) is 6.76. The summed E-state index contributed by atoms with van der Waals surface area (Å²) in [4.78, 5) is 1.94. The third kappa shape index (κ3) is 0.667. The first-order valence-corrected chi connectivity index (χ1v) is 3.14. The van der Waals surface area contributed by atoms with E-state index in [1.165, 1.54) is 0 Å². The van der Waals surface area contributed by atoms with E-state index in [0.717, 1.165) is 11.6 Å². The van der Waals surface area contributed by atoms with E-state index in [1.54, 1.807) is 0 Å². The molecule has 0 aromatic rings. The van der Waals surface area contributed by atoms with Crippen molar-refractivity contribution in [3.05, 3.63) is 24.8 Å². The van der Waals surface area contributed by atoms with Crippen LogP contribution in [0.4, 0.5) is 0 Å². The largest absolute Gasteiger partial charge is 0.316 e. The van der Waals surface area contributed by atoms with Crippen LogP contribution < -0.4 is 0 Å². The fourth-order valence-corrected chi connectivity index (χ4v) is 0.929. The Labute approximate surface area is 61.8 Å². The van der Waals surface area contributed by atoms with Crippen molar-refractivity contribution in [1.29, 1.82) is 0 Å². The Balaban J connectivity index is 2.89. The fourth-order valence-electron chi connectivity index (χ4n) is 0.929. The van der Waals surface area contributed by atoms with Crippen LogP contribution in [0.3, 0.4) is 0 Å². The van der Waals surface area contributed by atoms with Crippen LogP contribution >= 0.6 is 0 Å². The molecule has 0 atom stereocenters. The molecule has 56 valence electrons. The van der Waals surface area contributed by atoms with Crippen LogP contribution in [-0.2, 0) is 0 Å². The average Bonchev–Trinajstić information content (AvgIpc) is 2.07. The van der Waals surface area contributed by atoms with Gasteiger partial charge in [-0.15, -0.1) is 0 Å². The molecular weight excluding hydrogens is 126 g/mol. The van der Waals surface area contributed by atoms with E-state index >= 15 is 0 Å². The van der Waals surface area contributed by atoms with Crippen LogP contribution in [0.15, 0.2) is 24.8 Å². The van der Waals surface area contributed by atoms with E-state index in [4.69, 9.17) is 0 Å². The van der Waals surface area contributed by atoms with E-state index < -0.39 is 0 Å². The molecule has 3 nitrogen and oxygen atoms in total. The summed E-state index contributed by atoms with van der Waals surface area (Å²) in [6.07, 6.45) is 0. The maximum absolute atomic E-state index is 3.87. The van der Waals surface area contributed by atoms with E-state index in [9.17, 15) is 0 Å². The number of rotatable bonds is 0. The van der Waals surface area contributed by atoms with Crippen LogP contribution in [0.5, 0.6) is 0 Å². The van der Waals surface area contributed by atoms with E-state index in [-0.39, 0.29) is 0 Å². The topological polar surface area (TPSA) is 9.72 Å². The number of hydrogen-bond donors (Lipinski definition) is 0. The van der Waals surface area contributed by atoms with E-state index in [2.05, 4.69) is 13.2 Å². The monoisotopic (exact) mass is 139 g/mol. The summed E-state index contributed by atoms with van der Waals surface area (Å²) in [6.45, 7) is 7.73. The van der Waals surface area contributed by atoms with Gasteiger partial charge in [0.25, 0.3) is 0 Å². The molecule has 0 aromatic heterocycles. The van der Waals surface area contributed by atoms with Gasteiger partial charge in [0.1, 0.15) is 11.6 Å². The Morgan fingerprint density at radius 3 is 1.30 bits per heavy atom. The number of hydrogen-bond acceptors (Lipinski definition) is 3. The minimum Gasteiger partial charge on any atom is -0.316 e. The molecule has 1 fully saturated rings. The molecule has 1 saturated heterocycles. The lowest BCUT2D eigenvalue weighted by Crippen LogP contribution is -2.26. The molecule has 10 heavy (non-hydrogen) atoms. The molecule has 0 saturated carbocycles. The molecule has 0 N–H and O–H groups in total. The van der Waals surface area contributed by atoms with Crippen LogP contribution in [0.25, 0.3) is 0 Å². The van der Waals surface area contributed by atoms with E-state index in [1.807, 2.05) is 36.1 Å². The maximum atomic E-state index is 3.87. The second-order valence-electron chi connectivity index (χ2n) is 2.44. The maximum Gasteiger partial charge on any atom is 0.121 e. The lowest BCUT2D eigenvalue weighted by atomic mass is 10.6. The zero-order chi connectivity index (χ0) is 7.89. The number of nitrogens with zero attached hydrogens (tertiary/aromatic N) is 3. The Hall–Kier alpha value is -1.12. The minimum absolute atomic E-state index is 0.951. The van der Waals surface area contributed by atoms with Crippen LogP contribution in [0, 0.1) is 0 Å². The van der Waals surface area contributed by atoms with Gasteiger partial charge in [0.2, 0.25) is 0 Å². The quantitative estimate of drug-likeness (QED) is 0.488. The average molecular weight is 139 g/mol. The summed E-state index contributed by atoms with van der Waals surface area (Å²) in [6, 6.07) is 0. The van der Waals surface area contributed by atoms with Gasteiger partial charge < -0.3 is 4.90 Å². The lowest BCUT2D eigenvalue weighted by molar-refractivity contribution is 0.146. The third-order valence-electron chi connectivity index (χ3n) is 1.97. The predicted molar refractivity (Wildman–Crippen MR) is 41.6 cm³/mol. The van der Waals surface area contributed by atoms with Crippen molar-refractivity contribution < 1.29 is 0 Å². The fraction of sp³-hybridized carbons (Fsp3) is 0.429. The normalized spacial score (nSPS) is 19.3. The van der Waals surface area contributed by atoms with Crippen molar-refractivity contribution in [2.24, 2.45) is 0 Å². The van der Waals surface area contributed by atoms with Gasteiger partial charge in [-0.1, -0.05) is 13.2 Å². The third-order valence-corrected chi connectivity index (χ3v) is 1.97. The molecule has 1 rings (SSSR count). The Morgan fingerprint density at radius 1 is 0.900 bits per heavy atom. The van der Waals surface area contributed by atoms with Crippen LogP contribution in [0.1, 0.15) is 0 Å². The van der Waals surface area contributed by atoms with Gasteiger partial charge in [-0.05, 0) is 0 Å². The lowest BCUT2D eigenvalue weighted by Gasteiger charge is -2.20. The summed E-state index contributed by atoms with van der Waals surface area (Å²) >= 11 is 0. The summed E-state index contributed by atoms with van der Waals surface area (Å²) in [5.41, 5.74) is 0. The highest BCUT2D eigenvalue weighted by Crippen LogP contribution is 2.23. The highest BCUT2D eigenvalue weighted by molar-refractivity contribution is 5.09. The van der Waals surface area contributed by atoms with Crippen molar-refractivity contribution in [2.75, 3.05) is 21.1 Å². The first kappa shape index (κ1) is 6.99. The molecule has 0 spiro atoms. The standard InChI is InChI=1S/C7H13N3/c1-6-8(3)7(2)10(5)9(6)4/h1-2H2,3-5H3. The highest BCUT2D eigenvalue weighted by atomic mass is 15.7. The molecule has 1 heterocycles. The summed E-state index contributed by atoms with van der Waals surface area (Å²) in [7, 11) is 5.86. The van der Waals surface area contributed by atoms with Gasteiger partial charge >= 0.3 is 0 Å². The van der Waals surface area contributed by atoms with Crippen molar-refractivity contribution in [1.82, 2.24) is 14.9 Å². The zero-order valence-corrected chi connectivity index (χ0v) is 6.76. The Bertz CT molecular complexity index is 165. The van der Waals surface area contributed by atoms with Gasteiger partial charge in [0.05, 0.1) is 0 Å². The second kappa shape index (κ2) is 1.94. The molecule has 0 unspecified atom stereocenters. The first-order chi connectivity index (χ1) is 4.55. The molecule has 1 aliphatic rings. The SMILES string of the molecule is C=C1N(C)C(=C)N(C)N1C. The first-order valence-electron chi connectivity index (χ1n) is 3.14. The second-order valence-corrected chi connectivity index (χ2v) is 2.44. The molecule has 3 heteroatoms. The molecule has 0 bridgehead atoms. The van der Waals surface area contributed by atoms with Crippen LogP contribution in [0.2, 0.25) is 0 Å². The van der Waals surface area contributed by atoms with Gasteiger partial charge in [-0.3, -0.25) is 10.0 Å². The highest BCUT2D eigenvalue weighted by Gasteiger charge is 2.24. The Morgan fingerprint density at radius 2 is 1.20 bits per heavy atom. The van der Waals surface area contributed by atoms with Gasteiger partial charge in [0, 0.05) is 21.1 Å². The summed E-state index contributed by atoms with van der Waals surface area (Å²) in [5.74, 6) is 1.90. The van der Waals surface area contributed by atoms with Crippen molar-refractivity contribution in [2.45, 2.75) is 0 Å². The smallest absolute Gasteiger partial charge is 0.121 e. The van der Waals surface area contributed by atoms with Crippen molar-refractivity contribution in [3.63, 3.8) is 0 Å². The van der Waals surface area contributed by atoms with Gasteiger partial charge in [0.15, 0.2) is 0 Å². The molecular formula is C7H13N3. The molecule has 0 aliphatic carbocycles. The van der Waals surface area contributed by atoms with Crippen molar-refractivity contribution in [3.8, 4) is 0 Å².